The lowest BCUT2D eigenvalue weighted by Crippen LogP contribution is -2.37. The number of carbonyl (C=O) groups is 1. The summed E-state index contributed by atoms with van der Waals surface area (Å²) < 4.78 is 75.6. The van der Waals surface area contributed by atoms with Crippen molar-refractivity contribution >= 4 is 5.97 Å². The van der Waals surface area contributed by atoms with Crippen LogP contribution in [0, 0.1) is 52.9 Å². The van der Waals surface area contributed by atoms with E-state index < -0.39 is 23.3 Å². The Morgan fingerprint density at radius 3 is 1.91 bits per heavy atom. The van der Waals surface area contributed by atoms with Crippen LogP contribution in [0.25, 0.3) is 11.1 Å². The van der Waals surface area contributed by atoms with E-state index in [0.717, 1.165) is 70.1 Å². The molecule has 5 rings (SSSR count). The summed E-state index contributed by atoms with van der Waals surface area (Å²) in [6, 6.07) is 4.85. The number of hydrogen-bond acceptors (Lipinski definition) is 4. The van der Waals surface area contributed by atoms with Crippen molar-refractivity contribution in [1.82, 2.24) is 0 Å². The van der Waals surface area contributed by atoms with Crippen molar-refractivity contribution in [3.63, 3.8) is 0 Å². The Balaban J connectivity index is 1.11. The van der Waals surface area contributed by atoms with Crippen molar-refractivity contribution in [3.05, 3.63) is 47.5 Å². The molecule has 3 aliphatic rings. The molecule has 3 fully saturated rings. The number of halogens is 4. The molecule has 0 bridgehead atoms. The maximum absolute atomic E-state index is 15.0. The highest BCUT2D eigenvalue weighted by atomic mass is 19.2. The summed E-state index contributed by atoms with van der Waals surface area (Å²) in [5, 5.41) is 0. The lowest BCUT2D eigenvalue weighted by molar-refractivity contribution is -0.159. The highest BCUT2D eigenvalue weighted by Gasteiger charge is 2.38. The fourth-order valence-corrected chi connectivity index (χ4v) is 7.62. The van der Waals surface area contributed by atoms with E-state index >= 15 is 0 Å². The van der Waals surface area contributed by atoms with E-state index in [1.165, 1.54) is 37.1 Å². The molecule has 4 unspecified atom stereocenters. The lowest BCUT2D eigenvalue weighted by atomic mass is 9.67. The molecule has 8 heteroatoms. The molecular weight excluding hydrogens is 560 g/mol. The smallest absolute Gasteiger partial charge is 0.309 e. The van der Waals surface area contributed by atoms with Crippen molar-refractivity contribution in [2.24, 2.45) is 29.6 Å². The van der Waals surface area contributed by atoms with E-state index in [1.807, 2.05) is 0 Å². The Hall–Kier alpha value is -2.77. The van der Waals surface area contributed by atoms with Crippen molar-refractivity contribution in [2.75, 3.05) is 13.2 Å². The molecule has 2 aromatic rings. The fraction of sp³-hybridized carbons (Fsp3) is 0.629. The molecule has 0 aliphatic heterocycles. The van der Waals surface area contributed by atoms with E-state index in [1.54, 1.807) is 6.92 Å². The first-order valence-corrected chi connectivity index (χ1v) is 16.2. The topological polar surface area (TPSA) is 44.8 Å². The summed E-state index contributed by atoms with van der Waals surface area (Å²) in [7, 11) is 0. The zero-order valence-corrected chi connectivity index (χ0v) is 25.3. The summed E-state index contributed by atoms with van der Waals surface area (Å²) >= 11 is 0. The van der Waals surface area contributed by atoms with Gasteiger partial charge in [-0.2, -0.15) is 8.78 Å². The lowest BCUT2D eigenvalue weighted by Gasteiger charge is -2.42. The molecule has 3 aliphatic carbocycles. The van der Waals surface area contributed by atoms with Crippen molar-refractivity contribution in [1.29, 1.82) is 0 Å². The molecule has 0 amide bonds. The number of rotatable bonds is 10. The first kappa shape index (κ1) is 31.6. The van der Waals surface area contributed by atoms with Crippen LogP contribution in [0.5, 0.6) is 11.5 Å². The van der Waals surface area contributed by atoms with Crippen LogP contribution in [0.15, 0.2) is 24.3 Å². The highest BCUT2D eigenvalue weighted by Crippen LogP contribution is 2.44. The minimum Gasteiger partial charge on any atom is -0.491 e. The van der Waals surface area contributed by atoms with E-state index in [4.69, 9.17) is 14.2 Å². The van der Waals surface area contributed by atoms with Crippen LogP contribution >= 0.6 is 0 Å². The molecule has 0 saturated heterocycles. The van der Waals surface area contributed by atoms with Crippen molar-refractivity contribution < 1.29 is 36.6 Å². The Labute approximate surface area is 252 Å². The zero-order valence-electron chi connectivity index (χ0n) is 25.3. The predicted molar refractivity (Wildman–Crippen MR) is 157 cm³/mol. The largest absolute Gasteiger partial charge is 0.491 e. The van der Waals surface area contributed by atoms with E-state index in [0.29, 0.717) is 11.8 Å². The quantitative estimate of drug-likeness (QED) is 0.200. The minimum atomic E-state index is -1.30. The maximum atomic E-state index is 15.0. The number of benzene rings is 2. The first-order valence-electron chi connectivity index (χ1n) is 16.2. The molecule has 4 atom stereocenters. The number of esters is 1. The second-order valence-corrected chi connectivity index (χ2v) is 12.8. The summed E-state index contributed by atoms with van der Waals surface area (Å²) in [5.41, 5.74) is -0.769. The summed E-state index contributed by atoms with van der Waals surface area (Å²) in [6.45, 7) is 4.25. The van der Waals surface area contributed by atoms with Crippen LogP contribution in [0.1, 0.15) is 90.9 Å². The van der Waals surface area contributed by atoms with E-state index in [2.05, 4.69) is 6.92 Å². The van der Waals surface area contributed by atoms with Gasteiger partial charge < -0.3 is 14.2 Å². The second kappa shape index (κ2) is 14.3. The molecule has 0 radical (unpaired) electrons. The molecule has 236 valence electrons. The van der Waals surface area contributed by atoms with Crippen LogP contribution in [0.4, 0.5) is 17.6 Å². The van der Waals surface area contributed by atoms with Gasteiger partial charge in [-0.05, 0) is 119 Å². The van der Waals surface area contributed by atoms with Gasteiger partial charge in [-0.15, -0.1) is 0 Å². The molecule has 2 aromatic carbocycles. The van der Waals surface area contributed by atoms with Gasteiger partial charge >= 0.3 is 5.97 Å². The Bertz CT molecular complexity index is 1260. The first-order chi connectivity index (χ1) is 20.8. The molecule has 43 heavy (non-hydrogen) atoms. The number of fused-ring (bicyclic) bond motifs is 1. The molecule has 4 nitrogen and oxygen atoms in total. The third-order valence-corrected chi connectivity index (χ3v) is 9.99. The van der Waals surface area contributed by atoms with Gasteiger partial charge in [0.25, 0.3) is 0 Å². The van der Waals surface area contributed by atoms with Crippen LogP contribution in [-0.4, -0.2) is 25.3 Å². The van der Waals surface area contributed by atoms with E-state index in [-0.39, 0.29) is 59.7 Å². The number of hydrogen-bond donors (Lipinski definition) is 0. The van der Waals surface area contributed by atoms with Gasteiger partial charge in [0, 0.05) is 11.1 Å². The van der Waals surface area contributed by atoms with E-state index in [9.17, 15) is 22.4 Å². The molecular formula is C35H44F4O4. The highest BCUT2D eigenvalue weighted by molar-refractivity contribution is 5.72. The number of carbonyl (C=O) groups excluding carboxylic acids is 1. The van der Waals surface area contributed by atoms with Crippen molar-refractivity contribution in [2.45, 2.75) is 97.0 Å². The standard InChI is InChI=1S/C35H44F4O4/c1-3-5-21-6-9-23(10-7-21)35(40)43-26-13-12-24-18-22(8-11-25(24)19-26)20-42-30-17-15-28(32(37)34(30)39)27-14-16-29(41-4-2)33(38)31(27)36/h14-17,21-26H,3-13,18-20H2,1-2H3. The molecule has 0 aromatic heterocycles. The minimum absolute atomic E-state index is 0.000753. The molecule has 0 N–H and O–H groups in total. The van der Waals surface area contributed by atoms with Crippen LogP contribution in [-0.2, 0) is 9.53 Å². The van der Waals surface area contributed by atoms with Crippen LogP contribution in [0.2, 0.25) is 0 Å². The molecule has 3 saturated carbocycles. The SMILES string of the molecule is CCCC1CCC(C(=O)OC2CCC3CC(COc4ccc(-c5ccc(OCC)c(F)c5F)c(F)c4F)CCC3C2)CC1. The third-order valence-electron chi connectivity index (χ3n) is 9.99. The maximum Gasteiger partial charge on any atom is 0.309 e. The summed E-state index contributed by atoms with van der Waals surface area (Å²) in [5.74, 6) is -3.55. The Kier molecular flexibility index (Phi) is 10.6. The molecule has 0 spiro atoms. The second-order valence-electron chi connectivity index (χ2n) is 12.8. The van der Waals surface area contributed by atoms with Gasteiger partial charge in [0.1, 0.15) is 6.10 Å². The van der Waals surface area contributed by atoms with Gasteiger partial charge in [-0.25, -0.2) is 8.78 Å². The predicted octanol–water partition coefficient (Wildman–Crippen LogP) is 9.42. The normalized spacial score (nSPS) is 27.3. The third kappa shape index (κ3) is 7.31. The Morgan fingerprint density at radius 2 is 1.28 bits per heavy atom. The van der Waals surface area contributed by atoms with Crippen molar-refractivity contribution in [3.8, 4) is 22.6 Å². The monoisotopic (exact) mass is 604 g/mol. The summed E-state index contributed by atoms with van der Waals surface area (Å²) in [6.07, 6.45) is 12.2. The van der Waals surface area contributed by atoms with Gasteiger partial charge in [0.15, 0.2) is 23.1 Å². The number of ether oxygens (including phenoxy) is 3. The van der Waals surface area contributed by atoms with Gasteiger partial charge in [-0.1, -0.05) is 19.8 Å². The summed E-state index contributed by atoms with van der Waals surface area (Å²) in [4.78, 5) is 12.8. The molecule has 0 heterocycles. The van der Waals surface area contributed by atoms with Crippen LogP contribution < -0.4 is 9.47 Å². The van der Waals surface area contributed by atoms with Gasteiger partial charge in [-0.3, -0.25) is 4.79 Å². The Morgan fingerprint density at radius 1 is 0.698 bits per heavy atom. The fourth-order valence-electron chi connectivity index (χ4n) is 7.62. The van der Waals surface area contributed by atoms with Gasteiger partial charge in [0.2, 0.25) is 11.6 Å². The average Bonchev–Trinajstić information content (AvgIpc) is 3.01. The average molecular weight is 605 g/mol. The zero-order chi connectivity index (χ0) is 30.5. The van der Waals surface area contributed by atoms with Crippen LogP contribution in [0.3, 0.4) is 0 Å². The van der Waals surface area contributed by atoms with Gasteiger partial charge in [0.05, 0.1) is 19.1 Å².